The lowest BCUT2D eigenvalue weighted by Gasteiger charge is -2.08. The average molecular weight is 389 g/mol. The molecular formula is C25H40O3. The van der Waals surface area contributed by atoms with Gasteiger partial charge in [-0.15, -0.1) is 0 Å². The van der Waals surface area contributed by atoms with Gasteiger partial charge in [0.1, 0.15) is 6.61 Å². The van der Waals surface area contributed by atoms with Crippen LogP contribution in [0.4, 0.5) is 0 Å². The maximum absolute atomic E-state index is 11.9. The van der Waals surface area contributed by atoms with Gasteiger partial charge in [-0.2, -0.15) is 0 Å². The van der Waals surface area contributed by atoms with Crippen LogP contribution in [0.2, 0.25) is 0 Å². The Balaban J connectivity index is 1.95. The molecule has 0 fully saturated rings. The number of ketones is 1. The lowest BCUT2D eigenvalue weighted by molar-refractivity contribution is -0.145. The van der Waals surface area contributed by atoms with Crippen molar-refractivity contribution in [3.8, 4) is 0 Å². The number of Topliss-reactive ketones (excluding diaryl/α,β-unsaturated/α-hetero) is 1. The van der Waals surface area contributed by atoms with Gasteiger partial charge in [0.2, 0.25) is 0 Å². The summed E-state index contributed by atoms with van der Waals surface area (Å²) in [5.41, 5.74) is 1.42. The molecule has 0 aliphatic rings. The molecule has 0 aliphatic heterocycles. The zero-order valence-electron chi connectivity index (χ0n) is 18.1. The van der Waals surface area contributed by atoms with E-state index in [-0.39, 0.29) is 18.4 Å². The molecule has 0 amide bonds. The molecule has 1 aromatic carbocycles. The number of esters is 1. The lowest BCUT2D eigenvalue weighted by Crippen LogP contribution is -2.07. The number of hydrogen-bond donors (Lipinski definition) is 0. The van der Waals surface area contributed by atoms with Crippen LogP contribution in [0, 0.1) is 0 Å². The minimum absolute atomic E-state index is 0.00291. The SMILES string of the molecule is CCCCCCCCCCCCCCCC(=O)OCc1ccccc1C(C)=O. The third-order valence-electron chi connectivity index (χ3n) is 5.27. The van der Waals surface area contributed by atoms with E-state index in [1.54, 1.807) is 6.07 Å². The average Bonchev–Trinajstić information content (AvgIpc) is 2.70. The second kappa shape index (κ2) is 16.3. The van der Waals surface area contributed by atoms with Crippen molar-refractivity contribution in [1.82, 2.24) is 0 Å². The Bertz CT molecular complexity index is 550. The van der Waals surface area contributed by atoms with Crippen LogP contribution in [0.1, 0.15) is 120 Å². The van der Waals surface area contributed by atoms with E-state index in [2.05, 4.69) is 6.92 Å². The van der Waals surface area contributed by atoms with Crippen LogP contribution in [0.5, 0.6) is 0 Å². The fraction of sp³-hybridized carbons (Fsp3) is 0.680. The molecule has 3 nitrogen and oxygen atoms in total. The Morgan fingerprint density at radius 3 is 1.79 bits per heavy atom. The molecule has 1 aromatic rings. The number of carbonyl (C=O) groups excluding carboxylic acids is 2. The van der Waals surface area contributed by atoms with Gasteiger partial charge in [-0.25, -0.2) is 0 Å². The van der Waals surface area contributed by atoms with Crippen molar-refractivity contribution in [1.29, 1.82) is 0 Å². The minimum atomic E-state index is -0.165. The van der Waals surface area contributed by atoms with Gasteiger partial charge in [-0.1, -0.05) is 108 Å². The molecule has 0 aromatic heterocycles. The maximum Gasteiger partial charge on any atom is 0.306 e. The van der Waals surface area contributed by atoms with Crippen molar-refractivity contribution in [2.24, 2.45) is 0 Å². The zero-order valence-corrected chi connectivity index (χ0v) is 18.1. The summed E-state index contributed by atoms with van der Waals surface area (Å²) in [5, 5.41) is 0. The van der Waals surface area contributed by atoms with Gasteiger partial charge in [-0.3, -0.25) is 9.59 Å². The monoisotopic (exact) mass is 388 g/mol. The van der Waals surface area contributed by atoms with E-state index < -0.39 is 0 Å². The highest BCUT2D eigenvalue weighted by Crippen LogP contribution is 2.14. The number of rotatable bonds is 17. The highest BCUT2D eigenvalue weighted by Gasteiger charge is 2.09. The fourth-order valence-electron chi connectivity index (χ4n) is 3.51. The van der Waals surface area contributed by atoms with E-state index in [9.17, 15) is 9.59 Å². The third kappa shape index (κ3) is 11.9. The number of hydrogen-bond acceptors (Lipinski definition) is 3. The highest BCUT2D eigenvalue weighted by atomic mass is 16.5. The van der Waals surface area contributed by atoms with Gasteiger partial charge in [0, 0.05) is 17.5 Å². The molecule has 0 heterocycles. The molecule has 0 unspecified atom stereocenters. The van der Waals surface area contributed by atoms with Crippen LogP contribution in [0.3, 0.4) is 0 Å². The normalized spacial score (nSPS) is 10.8. The molecule has 0 saturated heterocycles. The maximum atomic E-state index is 11.9. The van der Waals surface area contributed by atoms with Crippen molar-refractivity contribution in [3.63, 3.8) is 0 Å². The first-order valence-electron chi connectivity index (χ1n) is 11.4. The molecule has 0 saturated carbocycles. The summed E-state index contributed by atoms with van der Waals surface area (Å²) < 4.78 is 5.33. The summed E-state index contributed by atoms with van der Waals surface area (Å²) in [6.07, 6.45) is 17.3. The molecule has 3 heteroatoms. The molecule has 158 valence electrons. The molecule has 28 heavy (non-hydrogen) atoms. The largest absolute Gasteiger partial charge is 0.461 e. The van der Waals surface area contributed by atoms with Gasteiger partial charge >= 0.3 is 5.97 Å². The smallest absolute Gasteiger partial charge is 0.306 e. The number of unbranched alkanes of at least 4 members (excludes halogenated alkanes) is 12. The number of ether oxygens (including phenoxy) is 1. The highest BCUT2D eigenvalue weighted by molar-refractivity contribution is 5.95. The molecule has 0 N–H and O–H groups in total. The number of carbonyl (C=O) groups is 2. The van der Waals surface area contributed by atoms with Crippen LogP contribution in [-0.4, -0.2) is 11.8 Å². The van der Waals surface area contributed by atoms with E-state index in [1.165, 1.54) is 77.6 Å². The van der Waals surface area contributed by atoms with Gasteiger partial charge in [0.25, 0.3) is 0 Å². The van der Waals surface area contributed by atoms with Crippen molar-refractivity contribution in [3.05, 3.63) is 35.4 Å². The summed E-state index contributed by atoms with van der Waals surface area (Å²) in [6.45, 7) is 3.99. The molecule has 0 aliphatic carbocycles. The zero-order chi connectivity index (χ0) is 20.5. The van der Waals surface area contributed by atoms with Crippen LogP contribution in [0.25, 0.3) is 0 Å². The van der Waals surface area contributed by atoms with E-state index in [1.807, 2.05) is 18.2 Å². The van der Waals surface area contributed by atoms with Crippen molar-refractivity contribution < 1.29 is 14.3 Å². The topological polar surface area (TPSA) is 43.4 Å². The predicted molar refractivity (Wildman–Crippen MR) is 117 cm³/mol. The molecule has 0 radical (unpaired) electrons. The summed E-state index contributed by atoms with van der Waals surface area (Å²) in [7, 11) is 0. The van der Waals surface area contributed by atoms with Gasteiger partial charge in [0.15, 0.2) is 5.78 Å². The second-order valence-corrected chi connectivity index (χ2v) is 7.87. The Labute approximate surface area is 172 Å². The standard InChI is InChI=1S/C25H40O3/c1-3-4-5-6-7-8-9-10-11-12-13-14-15-20-25(27)28-21-23-18-16-17-19-24(23)22(2)26/h16-19H,3-15,20-21H2,1-2H3. The molecular weight excluding hydrogens is 348 g/mol. The predicted octanol–water partition coefficient (Wildman–Crippen LogP) is 7.41. The number of benzene rings is 1. The Hall–Kier alpha value is -1.64. The van der Waals surface area contributed by atoms with Crippen LogP contribution >= 0.6 is 0 Å². The lowest BCUT2D eigenvalue weighted by atomic mass is 10.0. The van der Waals surface area contributed by atoms with Crippen LogP contribution in [0.15, 0.2) is 24.3 Å². The minimum Gasteiger partial charge on any atom is -0.461 e. The van der Waals surface area contributed by atoms with Crippen molar-refractivity contribution >= 4 is 11.8 Å². The first-order valence-corrected chi connectivity index (χ1v) is 11.4. The third-order valence-corrected chi connectivity index (χ3v) is 5.27. The van der Waals surface area contributed by atoms with Crippen molar-refractivity contribution in [2.75, 3.05) is 0 Å². The Morgan fingerprint density at radius 1 is 0.750 bits per heavy atom. The van der Waals surface area contributed by atoms with Crippen molar-refractivity contribution in [2.45, 2.75) is 110 Å². The molecule has 0 spiro atoms. The summed E-state index contributed by atoms with van der Waals surface area (Å²) in [4.78, 5) is 23.5. The van der Waals surface area contributed by atoms with E-state index in [0.29, 0.717) is 12.0 Å². The van der Waals surface area contributed by atoms with Gasteiger partial charge < -0.3 is 4.74 Å². The van der Waals surface area contributed by atoms with Gasteiger partial charge in [-0.05, 0) is 13.3 Å². The first-order chi connectivity index (χ1) is 13.6. The second-order valence-electron chi connectivity index (χ2n) is 7.87. The Morgan fingerprint density at radius 2 is 1.25 bits per heavy atom. The first kappa shape index (κ1) is 24.4. The van der Waals surface area contributed by atoms with E-state index in [0.717, 1.165) is 18.4 Å². The van der Waals surface area contributed by atoms with Crippen LogP contribution < -0.4 is 0 Å². The summed E-state index contributed by atoms with van der Waals surface area (Å²) in [5.74, 6) is -0.162. The quantitative estimate of drug-likeness (QED) is 0.158. The molecule has 0 atom stereocenters. The fourth-order valence-corrected chi connectivity index (χ4v) is 3.51. The molecule has 1 rings (SSSR count). The summed E-state index contributed by atoms with van der Waals surface area (Å²) >= 11 is 0. The Kier molecular flexibility index (Phi) is 14.2. The molecule has 0 bridgehead atoms. The van der Waals surface area contributed by atoms with Gasteiger partial charge in [0.05, 0.1) is 0 Å². The summed E-state index contributed by atoms with van der Waals surface area (Å²) in [6, 6.07) is 7.31. The van der Waals surface area contributed by atoms with E-state index in [4.69, 9.17) is 4.74 Å². The van der Waals surface area contributed by atoms with Crippen LogP contribution in [-0.2, 0) is 16.1 Å². The van der Waals surface area contributed by atoms with E-state index >= 15 is 0 Å².